The Balaban J connectivity index is 3.52. The van der Waals surface area contributed by atoms with E-state index in [0.29, 0.717) is 5.41 Å². The molecule has 0 aromatic rings. The van der Waals surface area contributed by atoms with Crippen LogP contribution in [0, 0.1) is 11.3 Å². The third-order valence-corrected chi connectivity index (χ3v) is 2.80. The van der Waals surface area contributed by atoms with Gasteiger partial charge in [-0.25, -0.2) is 0 Å². The zero-order valence-electron chi connectivity index (χ0n) is 11.7. The third-order valence-electron chi connectivity index (χ3n) is 2.80. The lowest BCUT2D eigenvalue weighted by Crippen LogP contribution is -2.05. The molecule has 0 aliphatic rings. The van der Waals surface area contributed by atoms with Crippen molar-refractivity contribution in [2.24, 2.45) is 11.3 Å². The average molecular weight is 224 g/mol. The second-order valence-corrected chi connectivity index (χ2v) is 6.15. The molecular weight excluding hydrogens is 196 g/mol. The smallest absolute Gasteiger partial charge is 0.152 e. The first-order chi connectivity index (χ1) is 7.31. The summed E-state index contributed by atoms with van der Waals surface area (Å²) in [4.78, 5) is 10.7. The first-order valence-electron chi connectivity index (χ1n) is 6.48. The Morgan fingerprint density at radius 3 is 2.38 bits per heavy atom. The molecule has 0 N–H and O–H groups in total. The Morgan fingerprint density at radius 1 is 1.25 bits per heavy atom. The van der Waals surface area contributed by atoms with Crippen molar-refractivity contribution in [1.82, 2.24) is 0 Å². The number of rotatable bonds is 7. The lowest BCUT2D eigenvalue weighted by atomic mass is 9.87. The van der Waals surface area contributed by atoms with E-state index in [1.807, 2.05) is 6.08 Å². The van der Waals surface area contributed by atoms with Crippen LogP contribution in [0.25, 0.3) is 0 Å². The maximum absolute atomic E-state index is 10.7. The standard InChI is InChI=1S/C15H28O/c1-13(9-6-7-11-14(2)16)10-8-12-15(3,4)5/h7,11,13H,6,8-10,12H2,1-5H3/b11-7+. The molecular formula is C15H28O. The minimum Gasteiger partial charge on any atom is -0.295 e. The van der Waals surface area contributed by atoms with Crippen molar-refractivity contribution in [3.05, 3.63) is 12.2 Å². The van der Waals surface area contributed by atoms with Crippen molar-refractivity contribution in [3.8, 4) is 0 Å². The van der Waals surface area contributed by atoms with E-state index in [1.54, 1.807) is 13.0 Å². The molecule has 1 atom stereocenters. The fourth-order valence-electron chi connectivity index (χ4n) is 1.76. The largest absolute Gasteiger partial charge is 0.295 e. The van der Waals surface area contributed by atoms with Gasteiger partial charge in [0.05, 0.1) is 0 Å². The van der Waals surface area contributed by atoms with Crippen molar-refractivity contribution in [2.75, 3.05) is 0 Å². The van der Waals surface area contributed by atoms with Crippen molar-refractivity contribution in [2.45, 2.75) is 66.7 Å². The Bertz CT molecular complexity index is 220. The summed E-state index contributed by atoms with van der Waals surface area (Å²) in [5.41, 5.74) is 0.467. The molecule has 0 aromatic heterocycles. The van der Waals surface area contributed by atoms with Crippen LogP contribution in [0.2, 0.25) is 0 Å². The van der Waals surface area contributed by atoms with E-state index in [2.05, 4.69) is 27.7 Å². The topological polar surface area (TPSA) is 17.1 Å². The van der Waals surface area contributed by atoms with Gasteiger partial charge in [-0.05, 0) is 43.6 Å². The zero-order chi connectivity index (χ0) is 12.6. The van der Waals surface area contributed by atoms with E-state index >= 15 is 0 Å². The number of carbonyl (C=O) groups excluding carboxylic acids is 1. The predicted molar refractivity (Wildman–Crippen MR) is 71.5 cm³/mol. The molecule has 1 heteroatoms. The van der Waals surface area contributed by atoms with Gasteiger partial charge in [-0.1, -0.05) is 46.6 Å². The first kappa shape index (κ1) is 15.4. The van der Waals surface area contributed by atoms with Crippen molar-refractivity contribution in [1.29, 1.82) is 0 Å². The average Bonchev–Trinajstić information content (AvgIpc) is 2.10. The lowest BCUT2D eigenvalue weighted by Gasteiger charge is -2.19. The SMILES string of the molecule is CC(=O)/C=C/CCC(C)CCCC(C)(C)C. The van der Waals surface area contributed by atoms with Gasteiger partial charge in [0, 0.05) is 0 Å². The van der Waals surface area contributed by atoms with E-state index in [9.17, 15) is 4.79 Å². The van der Waals surface area contributed by atoms with E-state index in [1.165, 1.54) is 25.7 Å². The lowest BCUT2D eigenvalue weighted by molar-refractivity contribution is -0.112. The number of allylic oxidation sites excluding steroid dienone is 2. The summed E-state index contributed by atoms with van der Waals surface area (Å²) in [7, 11) is 0. The van der Waals surface area contributed by atoms with Crippen molar-refractivity contribution < 1.29 is 4.79 Å². The molecule has 0 spiro atoms. The predicted octanol–water partition coefficient (Wildman–Crippen LogP) is 4.76. The molecule has 0 rings (SSSR count). The third kappa shape index (κ3) is 11.5. The molecule has 16 heavy (non-hydrogen) atoms. The summed E-state index contributed by atoms with van der Waals surface area (Å²) in [6.45, 7) is 10.8. The van der Waals surface area contributed by atoms with Crippen LogP contribution in [0.3, 0.4) is 0 Å². The molecule has 0 saturated heterocycles. The maximum atomic E-state index is 10.7. The van der Waals surface area contributed by atoms with Gasteiger partial charge in [-0.2, -0.15) is 0 Å². The van der Waals surface area contributed by atoms with Gasteiger partial charge in [-0.3, -0.25) is 4.79 Å². The van der Waals surface area contributed by atoms with Crippen LogP contribution in [-0.4, -0.2) is 5.78 Å². The summed E-state index contributed by atoms with van der Waals surface area (Å²) >= 11 is 0. The summed E-state index contributed by atoms with van der Waals surface area (Å²) in [5.74, 6) is 0.930. The maximum Gasteiger partial charge on any atom is 0.152 e. The first-order valence-corrected chi connectivity index (χ1v) is 6.48. The molecule has 0 aliphatic heterocycles. The zero-order valence-corrected chi connectivity index (χ0v) is 11.7. The van der Waals surface area contributed by atoms with Gasteiger partial charge in [0.25, 0.3) is 0 Å². The summed E-state index contributed by atoms with van der Waals surface area (Å²) in [6.07, 6.45) is 9.86. The second kappa shape index (κ2) is 7.65. The van der Waals surface area contributed by atoms with Gasteiger partial charge in [-0.15, -0.1) is 0 Å². The van der Waals surface area contributed by atoms with Crippen molar-refractivity contribution in [3.63, 3.8) is 0 Å². The van der Waals surface area contributed by atoms with Gasteiger partial charge >= 0.3 is 0 Å². The Kier molecular flexibility index (Phi) is 7.36. The molecule has 94 valence electrons. The highest BCUT2D eigenvalue weighted by Gasteiger charge is 2.10. The minimum atomic E-state index is 0.153. The van der Waals surface area contributed by atoms with Gasteiger partial charge in [0.2, 0.25) is 0 Å². The van der Waals surface area contributed by atoms with Gasteiger partial charge in [0.15, 0.2) is 5.78 Å². The van der Waals surface area contributed by atoms with Crippen LogP contribution in [0.5, 0.6) is 0 Å². The molecule has 0 aliphatic carbocycles. The summed E-state index contributed by atoms with van der Waals surface area (Å²) in [6, 6.07) is 0. The Labute approximate surface area is 101 Å². The number of ketones is 1. The molecule has 0 aromatic carbocycles. The fourth-order valence-corrected chi connectivity index (χ4v) is 1.76. The highest BCUT2D eigenvalue weighted by atomic mass is 16.1. The molecule has 0 heterocycles. The van der Waals surface area contributed by atoms with Crippen LogP contribution in [0.1, 0.15) is 66.7 Å². The summed E-state index contributed by atoms with van der Waals surface area (Å²) in [5, 5.41) is 0. The van der Waals surface area contributed by atoms with Crippen LogP contribution in [0.15, 0.2) is 12.2 Å². The van der Waals surface area contributed by atoms with E-state index < -0.39 is 0 Å². The minimum absolute atomic E-state index is 0.153. The van der Waals surface area contributed by atoms with Crippen LogP contribution in [-0.2, 0) is 4.79 Å². The number of carbonyl (C=O) groups is 1. The van der Waals surface area contributed by atoms with E-state index in [-0.39, 0.29) is 5.78 Å². The molecule has 0 radical (unpaired) electrons. The van der Waals surface area contributed by atoms with Crippen molar-refractivity contribution >= 4 is 5.78 Å². The van der Waals surface area contributed by atoms with Crippen LogP contribution < -0.4 is 0 Å². The normalized spacial score (nSPS) is 14.3. The summed E-state index contributed by atoms with van der Waals surface area (Å²) < 4.78 is 0. The van der Waals surface area contributed by atoms with Crippen LogP contribution in [0.4, 0.5) is 0 Å². The number of hydrogen-bond acceptors (Lipinski definition) is 1. The molecule has 0 saturated carbocycles. The Morgan fingerprint density at radius 2 is 1.88 bits per heavy atom. The number of hydrogen-bond donors (Lipinski definition) is 0. The van der Waals surface area contributed by atoms with Gasteiger partial charge < -0.3 is 0 Å². The highest BCUT2D eigenvalue weighted by Crippen LogP contribution is 2.24. The van der Waals surface area contributed by atoms with Gasteiger partial charge in [0.1, 0.15) is 0 Å². The van der Waals surface area contributed by atoms with E-state index in [4.69, 9.17) is 0 Å². The monoisotopic (exact) mass is 224 g/mol. The van der Waals surface area contributed by atoms with E-state index in [0.717, 1.165) is 12.3 Å². The highest BCUT2D eigenvalue weighted by molar-refractivity contribution is 5.87. The van der Waals surface area contributed by atoms with Crippen LogP contribution >= 0.6 is 0 Å². The molecule has 0 amide bonds. The quantitative estimate of drug-likeness (QED) is 0.570. The second-order valence-electron chi connectivity index (χ2n) is 6.15. The fraction of sp³-hybridized carbons (Fsp3) is 0.800. The molecule has 1 nitrogen and oxygen atoms in total. The molecule has 0 fully saturated rings. The molecule has 1 unspecified atom stereocenters. The molecule has 0 bridgehead atoms. The Hall–Kier alpha value is -0.590.